The molecule has 1 aliphatic rings. The zero-order chi connectivity index (χ0) is 10.1. The molecule has 1 aliphatic carbocycles. The fourth-order valence-electron chi connectivity index (χ4n) is 2.79. The molecule has 2 atom stereocenters. The lowest BCUT2D eigenvalue weighted by Crippen LogP contribution is -2.30. The predicted octanol–water partition coefficient (Wildman–Crippen LogP) is 4.49. The number of hydrogen-bond donors (Lipinski definition) is 0. The van der Waals surface area contributed by atoms with Crippen LogP contribution in [0.1, 0.15) is 60.3 Å². The van der Waals surface area contributed by atoms with Crippen LogP contribution >= 0.6 is 0 Å². The van der Waals surface area contributed by atoms with Crippen molar-refractivity contribution in [2.45, 2.75) is 60.3 Å². The molecule has 2 unspecified atom stereocenters. The summed E-state index contributed by atoms with van der Waals surface area (Å²) >= 11 is 0. The van der Waals surface area contributed by atoms with Gasteiger partial charge in [0.25, 0.3) is 0 Å². The van der Waals surface area contributed by atoms with Crippen LogP contribution in [0.5, 0.6) is 0 Å². The Morgan fingerprint density at radius 1 is 1.23 bits per heavy atom. The van der Waals surface area contributed by atoms with Gasteiger partial charge in [-0.25, -0.2) is 0 Å². The molecule has 13 heavy (non-hydrogen) atoms. The average Bonchev–Trinajstić information content (AvgIpc) is 1.95. The highest BCUT2D eigenvalue weighted by Gasteiger charge is 2.33. The first-order chi connectivity index (χ1) is 5.92. The summed E-state index contributed by atoms with van der Waals surface area (Å²) in [6.45, 7) is 12.0. The quantitative estimate of drug-likeness (QED) is 0.590. The van der Waals surface area contributed by atoms with E-state index in [1.54, 1.807) is 0 Å². The Balaban J connectivity index is 2.46. The summed E-state index contributed by atoms with van der Waals surface area (Å²) in [7, 11) is 0. The molecular weight excluding hydrogens is 156 g/mol. The fraction of sp³-hybridized carbons (Fsp3) is 1.00. The Morgan fingerprint density at radius 2 is 1.85 bits per heavy atom. The third kappa shape index (κ3) is 3.00. The molecule has 0 saturated heterocycles. The molecule has 0 radical (unpaired) electrons. The van der Waals surface area contributed by atoms with Crippen LogP contribution in [0.25, 0.3) is 0 Å². The maximum absolute atomic E-state index is 2.45. The van der Waals surface area contributed by atoms with Gasteiger partial charge in [0.1, 0.15) is 0 Å². The van der Waals surface area contributed by atoms with Crippen LogP contribution in [-0.4, -0.2) is 0 Å². The van der Waals surface area contributed by atoms with E-state index >= 15 is 0 Å². The van der Waals surface area contributed by atoms with Gasteiger partial charge in [-0.15, -0.1) is 0 Å². The topological polar surface area (TPSA) is 0 Å². The molecule has 1 saturated carbocycles. The molecule has 0 heterocycles. The maximum Gasteiger partial charge on any atom is -0.0326 e. The highest BCUT2D eigenvalue weighted by molar-refractivity contribution is 4.84. The van der Waals surface area contributed by atoms with Gasteiger partial charge in [0.15, 0.2) is 0 Å². The molecule has 0 spiro atoms. The van der Waals surface area contributed by atoms with Gasteiger partial charge in [-0.3, -0.25) is 0 Å². The van der Waals surface area contributed by atoms with E-state index < -0.39 is 0 Å². The Labute approximate surface area is 84.1 Å². The standard InChI is InChI=1S/C13H26/c1-10(2)8-12-7-6-11(3)13(4,5)9-12/h10-12H,6-9H2,1-5H3. The van der Waals surface area contributed by atoms with Gasteiger partial charge >= 0.3 is 0 Å². The van der Waals surface area contributed by atoms with Crippen molar-refractivity contribution in [3.63, 3.8) is 0 Å². The van der Waals surface area contributed by atoms with Gasteiger partial charge in [-0.1, -0.05) is 41.0 Å². The third-order valence-electron chi connectivity index (χ3n) is 3.96. The van der Waals surface area contributed by atoms with Crippen molar-refractivity contribution in [1.82, 2.24) is 0 Å². The van der Waals surface area contributed by atoms with E-state index in [0.717, 1.165) is 17.8 Å². The van der Waals surface area contributed by atoms with Crippen LogP contribution in [0.3, 0.4) is 0 Å². The van der Waals surface area contributed by atoms with Crippen molar-refractivity contribution < 1.29 is 0 Å². The SMILES string of the molecule is CC(C)CC1CCC(C)C(C)(C)C1. The lowest BCUT2D eigenvalue weighted by atomic mass is 9.64. The minimum Gasteiger partial charge on any atom is -0.0628 e. The molecule has 0 bridgehead atoms. The summed E-state index contributed by atoms with van der Waals surface area (Å²) < 4.78 is 0. The van der Waals surface area contributed by atoms with E-state index in [-0.39, 0.29) is 0 Å². The second-order valence-corrected chi connectivity index (χ2v) is 6.17. The van der Waals surface area contributed by atoms with Crippen LogP contribution < -0.4 is 0 Å². The normalized spacial score (nSPS) is 33.7. The van der Waals surface area contributed by atoms with Crippen LogP contribution in [0.4, 0.5) is 0 Å². The van der Waals surface area contributed by atoms with Crippen molar-refractivity contribution >= 4 is 0 Å². The summed E-state index contributed by atoms with van der Waals surface area (Å²) in [5.41, 5.74) is 0.595. The van der Waals surface area contributed by atoms with Crippen LogP contribution in [0.15, 0.2) is 0 Å². The van der Waals surface area contributed by atoms with Gasteiger partial charge in [0.05, 0.1) is 0 Å². The highest BCUT2D eigenvalue weighted by atomic mass is 14.4. The van der Waals surface area contributed by atoms with E-state index in [9.17, 15) is 0 Å². The van der Waals surface area contributed by atoms with Crippen LogP contribution in [0, 0.1) is 23.2 Å². The van der Waals surface area contributed by atoms with Gasteiger partial charge in [0.2, 0.25) is 0 Å². The number of rotatable bonds is 2. The zero-order valence-electron chi connectivity index (χ0n) is 10.1. The molecule has 0 aromatic heterocycles. The molecule has 0 aromatic rings. The second-order valence-electron chi connectivity index (χ2n) is 6.17. The van der Waals surface area contributed by atoms with E-state index in [4.69, 9.17) is 0 Å². The smallest absolute Gasteiger partial charge is 0.0326 e. The zero-order valence-corrected chi connectivity index (χ0v) is 10.1. The summed E-state index contributed by atoms with van der Waals surface area (Å²) in [4.78, 5) is 0. The van der Waals surface area contributed by atoms with Crippen LogP contribution in [0.2, 0.25) is 0 Å². The van der Waals surface area contributed by atoms with E-state index in [1.165, 1.54) is 25.7 Å². The van der Waals surface area contributed by atoms with Crippen molar-refractivity contribution in [1.29, 1.82) is 0 Å². The first-order valence-corrected chi connectivity index (χ1v) is 5.92. The van der Waals surface area contributed by atoms with Crippen molar-refractivity contribution in [3.05, 3.63) is 0 Å². The molecule has 0 nitrogen and oxygen atoms in total. The number of hydrogen-bond acceptors (Lipinski definition) is 0. The predicted molar refractivity (Wildman–Crippen MR) is 59.7 cm³/mol. The maximum atomic E-state index is 2.45. The molecule has 0 aliphatic heterocycles. The molecule has 0 amide bonds. The monoisotopic (exact) mass is 182 g/mol. The molecule has 0 N–H and O–H groups in total. The molecular formula is C13H26. The Kier molecular flexibility index (Phi) is 3.43. The first kappa shape index (κ1) is 11.1. The fourth-order valence-corrected chi connectivity index (χ4v) is 2.79. The van der Waals surface area contributed by atoms with Gasteiger partial charge in [-0.05, 0) is 42.4 Å². The minimum absolute atomic E-state index is 0.595. The van der Waals surface area contributed by atoms with Gasteiger partial charge in [0, 0.05) is 0 Å². The molecule has 0 heteroatoms. The minimum atomic E-state index is 0.595. The summed E-state index contributed by atoms with van der Waals surface area (Å²) in [5.74, 6) is 2.82. The third-order valence-corrected chi connectivity index (χ3v) is 3.96. The van der Waals surface area contributed by atoms with Crippen molar-refractivity contribution in [3.8, 4) is 0 Å². The summed E-state index contributed by atoms with van der Waals surface area (Å²) in [6, 6.07) is 0. The van der Waals surface area contributed by atoms with E-state index in [2.05, 4.69) is 34.6 Å². The van der Waals surface area contributed by atoms with E-state index in [1.807, 2.05) is 0 Å². The first-order valence-electron chi connectivity index (χ1n) is 5.92. The average molecular weight is 182 g/mol. The summed E-state index contributed by atoms with van der Waals surface area (Å²) in [6.07, 6.45) is 5.82. The molecule has 1 fully saturated rings. The largest absolute Gasteiger partial charge is 0.0628 e. The van der Waals surface area contributed by atoms with Crippen molar-refractivity contribution in [2.75, 3.05) is 0 Å². The molecule has 78 valence electrons. The lowest BCUT2D eigenvalue weighted by molar-refractivity contribution is 0.0970. The van der Waals surface area contributed by atoms with E-state index in [0.29, 0.717) is 5.41 Å². The summed E-state index contributed by atoms with van der Waals surface area (Å²) in [5, 5.41) is 0. The second kappa shape index (κ2) is 4.02. The van der Waals surface area contributed by atoms with Crippen molar-refractivity contribution in [2.24, 2.45) is 23.2 Å². The lowest BCUT2D eigenvalue weighted by Gasteiger charge is -2.41. The Morgan fingerprint density at radius 3 is 2.31 bits per heavy atom. The molecule has 1 rings (SSSR count). The Bertz CT molecular complexity index is 155. The van der Waals surface area contributed by atoms with Gasteiger partial charge in [-0.2, -0.15) is 0 Å². The highest BCUT2D eigenvalue weighted by Crippen LogP contribution is 2.44. The molecule has 0 aromatic carbocycles. The van der Waals surface area contributed by atoms with Crippen LogP contribution in [-0.2, 0) is 0 Å². The van der Waals surface area contributed by atoms with Gasteiger partial charge < -0.3 is 0 Å². The Hall–Kier alpha value is 0.